The Morgan fingerprint density at radius 3 is 2.81 bits per heavy atom. The zero-order chi connectivity index (χ0) is 18.4. The number of para-hydroxylation sites is 2. The van der Waals surface area contributed by atoms with Crippen molar-refractivity contribution < 1.29 is 18.7 Å². The molecule has 1 heterocycles. The van der Waals surface area contributed by atoms with E-state index in [4.69, 9.17) is 9.15 Å². The van der Waals surface area contributed by atoms with Crippen LogP contribution in [0.15, 0.2) is 33.9 Å². The van der Waals surface area contributed by atoms with Gasteiger partial charge in [0.2, 0.25) is 0 Å². The van der Waals surface area contributed by atoms with Crippen molar-refractivity contribution in [3.05, 3.63) is 24.3 Å². The summed E-state index contributed by atoms with van der Waals surface area (Å²) in [6, 6.07) is 9.51. The maximum Gasteiger partial charge on any atom is 0.316 e. The number of hydrogen-bond donors (Lipinski definition) is 1. The Balaban J connectivity index is 1.43. The van der Waals surface area contributed by atoms with E-state index < -0.39 is 24.0 Å². The number of benzene rings is 1. The van der Waals surface area contributed by atoms with Crippen LogP contribution >= 0.6 is 11.8 Å². The predicted molar refractivity (Wildman–Crippen MR) is 95.3 cm³/mol. The third kappa shape index (κ3) is 4.55. The molecule has 1 aliphatic rings. The summed E-state index contributed by atoms with van der Waals surface area (Å²) >= 11 is 1.11. The largest absolute Gasteiger partial charge is 0.455 e. The van der Waals surface area contributed by atoms with Crippen LogP contribution in [0.25, 0.3) is 11.1 Å². The van der Waals surface area contributed by atoms with E-state index in [2.05, 4.69) is 16.4 Å². The fourth-order valence-corrected chi connectivity index (χ4v) is 3.58. The van der Waals surface area contributed by atoms with Crippen LogP contribution in [0.5, 0.6) is 0 Å². The molecule has 1 saturated carbocycles. The van der Waals surface area contributed by atoms with E-state index in [-0.39, 0.29) is 5.75 Å². The average Bonchev–Trinajstić information content (AvgIpc) is 3.08. The van der Waals surface area contributed by atoms with E-state index >= 15 is 0 Å². The molecule has 1 N–H and O–H groups in total. The van der Waals surface area contributed by atoms with Crippen molar-refractivity contribution in [2.45, 2.75) is 42.9 Å². The van der Waals surface area contributed by atoms with Gasteiger partial charge >= 0.3 is 5.97 Å². The summed E-state index contributed by atoms with van der Waals surface area (Å²) in [4.78, 5) is 28.1. The molecular weight excluding hydrogens is 354 g/mol. The van der Waals surface area contributed by atoms with E-state index in [1.165, 1.54) is 0 Å². The monoisotopic (exact) mass is 373 g/mol. The number of thioether (sulfide) groups is 1. The summed E-state index contributed by atoms with van der Waals surface area (Å²) in [5.41, 5.74) is 0.545. The number of oxazole rings is 1. The highest BCUT2D eigenvalue weighted by Gasteiger charge is 2.33. The van der Waals surface area contributed by atoms with E-state index in [1.807, 2.05) is 18.2 Å². The molecule has 0 spiro atoms. The minimum absolute atomic E-state index is 0.0104. The molecule has 3 rings (SSSR count). The summed E-state index contributed by atoms with van der Waals surface area (Å²) in [7, 11) is 0. The Morgan fingerprint density at radius 1 is 1.31 bits per heavy atom. The van der Waals surface area contributed by atoms with Gasteiger partial charge in [0.25, 0.3) is 11.1 Å². The third-order valence-corrected chi connectivity index (χ3v) is 5.05. The van der Waals surface area contributed by atoms with Crippen molar-refractivity contribution in [2.24, 2.45) is 0 Å². The number of fused-ring (bicyclic) bond motifs is 1. The van der Waals surface area contributed by atoms with Crippen LogP contribution in [0.1, 0.15) is 32.1 Å². The molecule has 26 heavy (non-hydrogen) atoms. The zero-order valence-corrected chi connectivity index (χ0v) is 15.0. The second kappa shape index (κ2) is 8.23. The standard InChI is InChI=1S/C18H19N3O4S/c19-12-18(8-4-1-5-9-18)21-15(22)10-24-16(23)11-26-17-20-13-6-2-3-7-14(13)25-17/h2-3,6-7H,1,4-5,8-11H2,(H,21,22). The Kier molecular flexibility index (Phi) is 5.78. The smallest absolute Gasteiger partial charge is 0.316 e. The van der Waals surface area contributed by atoms with E-state index in [0.29, 0.717) is 23.6 Å². The highest BCUT2D eigenvalue weighted by molar-refractivity contribution is 7.99. The highest BCUT2D eigenvalue weighted by atomic mass is 32.2. The first-order valence-corrected chi connectivity index (χ1v) is 9.45. The van der Waals surface area contributed by atoms with Crippen molar-refractivity contribution in [1.82, 2.24) is 10.3 Å². The van der Waals surface area contributed by atoms with Gasteiger partial charge in [-0.25, -0.2) is 4.98 Å². The first-order valence-electron chi connectivity index (χ1n) is 8.46. The SMILES string of the molecule is N#CC1(NC(=O)COC(=O)CSc2nc3ccccc3o2)CCCCC1. The zero-order valence-electron chi connectivity index (χ0n) is 14.2. The predicted octanol–water partition coefficient (Wildman–Crippen LogP) is 2.81. The van der Waals surface area contributed by atoms with Crippen LogP contribution in [-0.4, -0.2) is 34.8 Å². The van der Waals surface area contributed by atoms with E-state index in [0.717, 1.165) is 36.5 Å². The first-order chi connectivity index (χ1) is 12.6. The minimum Gasteiger partial charge on any atom is -0.455 e. The number of nitrogens with one attached hydrogen (secondary N) is 1. The number of hydrogen-bond acceptors (Lipinski definition) is 7. The van der Waals surface area contributed by atoms with Crippen molar-refractivity contribution in [3.8, 4) is 6.07 Å². The number of rotatable bonds is 6. The Bertz CT molecular complexity index is 803. The Labute approximate surface area is 155 Å². The number of aromatic nitrogens is 1. The molecule has 1 aromatic heterocycles. The third-order valence-electron chi connectivity index (χ3n) is 4.25. The number of nitriles is 1. The lowest BCUT2D eigenvalue weighted by Crippen LogP contribution is -2.50. The van der Waals surface area contributed by atoms with Crippen LogP contribution in [0, 0.1) is 11.3 Å². The maximum atomic E-state index is 12.0. The molecule has 7 nitrogen and oxygen atoms in total. The van der Waals surface area contributed by atoms with Gasteiger partial charge in [0.1, 0.15) is 16.8 Å². The Hall–Kier alpha value is -2.53. The highest BCUT2D eigenvalue weighted by Crippen LogP contribution is 2.27. The van der Waals surface area contributed by atoms with Gasteiger partial charge in [-0.3, -0.25) is 9.59 Å². The maximum absolute atomic E-state index is 12.0. The fraction of sp³-hybridized carbons (Fsp3) is 0.444. The molecule has 0 radical (unpaired) electrons. The topological polar surface area (TPSA) is 105 Å². The molecule has 136 valence electrons. The van der Waals surface area contributed by atoms with Gasteiger partial charge in [0, 0.05) is 0 Å². The molecule has 0 saturated heterocycles. The lowest BCUT2D eigenvalue weighted by atomic mass is 9.83. The van der Waals surface area contributed by atoms with E-state index in [1.54, 1.807) is 6.07 Å². The van der Waals surface area contributed by atoms with Crippen molar-refractivity contribution in [3.63, 3.8) is 0 Å². The van der Waals surface area contributed by atoms with Gasteiger partial charge in [-0.2, -0.15) is 5.26 Å². The summed E-state index contributed by atoms with van der Waals surface area (Å²) < 4.78 is 10.5. The quantitative estimate of drug-likeness (QED) is 0.613. The fourth-order valence-electron chi connectivity index (χ4n) is 2.94. The van der Waals surface area contributed by atoms with Crippen molar-refractivity contribution in [2.75, 3.05) is 12.4 Å². The number of amides is 1. The molecule has 0 bridgehead atoms. The molecule has 0 atom stereocenters. The number of ether oxygens (including phenoxy) is 1. The van der Waals surface area contributed by atoms with Gasteiger partial charge in [0.05, 0.1) is 6.07 Å². The number of carbonyl (C=O) groups excluding carboxylic acids is 2. The van der Waals surface area contributed by atoms with Gasteiger partial charge in [-0.15, -0.1) is 0 Å². The second-order valence-corrected chi connectivity index (χ2v) is 7.13. The van der Waals surface area contributed by atoms with Crippen LogP contribution in [0.3, 0.4) is 0 Å². The van der Waals surface area contributed by atoms with Crippen LogP contribution < -0.4 is 5.32 Å². The second-order valence-electron chi connectivity index (χ2n) is 6.20. The minimum atomic E-state index is -0.825. The molecule has 1 aliphatic carbocycles. The van der Waals surface area contributed by atoms with Crippen LogP contribution in [0.4, 0.5) is 0 Å². The number of esters is 1. The van der Waals surface area contributed by atoms with E-state index in [9.17, 15) is 14.9 Å². The summed E-state index contributed by atoms with van der Waals surface area (Å²) in [6.45, 7) is -0.392. The van der Waals surface area contributed by atoms with Crippen LogP contribution in [0.2, 0.25) is 0 Å². The van der Waals surface area contributed by atoms with Crippen molar-refractivity contribution >= 4 is 34.7 Å². The molecule has 1 aromatic carbocycles. The first kappa shape index (κ1) is 18.3. The number of nitrogens with zero attached hydrogens (tertiary/aromatic N) is 2. The van der Waals surface area contributed by atoms with Gasteiger partial charge < -0.3 is 14.5 Å². The molecule has 0 unspecified atom stereocenters. The normalized spacial score (nSPS) is 16.0. The summed E-state index contributed by atoms with van der Waals surface area (Å²) in [5, 5.41) is 12.4. The molecule has 0 aliphatic heterocycles. The lowest BCUT2D eigenvalue weighted by Gasteiger charge is -2.31. The summed E-state index contributed by atoms with van der Waals surface area (Å²) in [5.74, 6) is -1.00. The van der Waals surface area contributed by atoms with Gasteiger partial charge in [-0.1, -0.05) is 43.2 Å². The molecule has 8 heteroatoms. The average molecular weight is 373 g/mol. The van der Waals surface area contributed by atoms with Gasteiger partial charge in [0.15, 0.2) is 12.2 Å². The number of carbonyl (C=O) groups is 2. The molecule has 1 amide bonds. The Morgan fingerprint density at radius 2 is 2.08 bits per heavy atom. The molecule has 2 aromatic rings. The lowest BCUT2D eigenvalue weighted by molar-refractivity contribution is -0.146. The molecule has 1 fully saturated rings. The van der Waals surface area contributed by atoms with Crippen LogP contribution in [-0.2, 0) is 14.3 Å². The van der Waals surface area contributed by atoms with Crippen molar-refractivity contribution in [1.29, 1.82) is 5.26 Å². The van der Waals surface area contributed by atoms with Gasteiger partial charge in [-0.05, 0) is 25.0 Å². The summed E-state index contributed by atoms with van der Waals surface area (Å²) in [6.07, 6.45) is 4.17. The molecular formula is C18H19N3O4S.